The Morgan fingerprint density at radius 3 is 2.10 bits per heavy atom. The van der Waals surface area contributed by atoms with Gasteiger partial charge in [0.25, 0.3) is 0 Å². The van der Waals surface area contributed by atoms with Gasteiger partial charge in [-0.1, -0.05) is 60.7 Å². The third-order valence-corrected chi connectivity index (χ3v) is 4.43. The maximum atomic E-state index is 12.7. The van der Waals surface area contributed by atoms with Gasteiger partial charge in [-0.05, 0) is 25.0 Å². The number of ether oxygens (including phenoxy) is 2. The largest absolute Gasteiger partial charge is 0.458 e. The molecule has 0 fully saturated rings. The van der Waals surface area contributed by atoms with E-state index in [0.29, 0.717) is 0 Å². The van der Waals surface area contributed by atoms with Crippen LogP contribution in [0.3, 0.4) is 0 Å². The Morgan fingerprint density at radius 1 is 0.935 bits per heavy atom. The van der Waals surface area contributed by atoms with Gasteiger partial charge in [0.2, 0.25) is 12.0 Å². The van der Waals surface area contributed by atoms with Crippen LogP contribution in [-0.4, -0.2) is 48.6 Å². The fourth-order valence-electron chi connectivity index (χ4n) is 2.79. The Kier molecular flexibility index (Phi) is 9.55. The second-order valence-electron chi connectivity index (χ2n) is 7.55. The molecule has 2 amide bonds. The van der Waals surface area contributed by atoms with Gasteiger partial charge in [0.15, 0.2) is 0 Å². The van der Waals surface area contributed by atoms with Gasteiger partial charge in [-0.25, -0.2) is 9.59 Å². The maximum absolute atomic E-state index is 12.7. The quantitative estimate of drug-likeness (QED) is 0.589. The average Bonchev–Trinajstić information content (AvgIpc) is 2.76. The first-order chi connectivity index (χ1) is 14.8. The van der Waals surface area contributed by atoms with Crippen molar-refractivity contribution in [3.63, 3.8) is 0 Å². The summed E-state index contributed by atoms with van der Waals surface area (Å²) in [6.45, 7) is 4.00. The van der Waals surface area contributed by atoms with E-state index in [1.807, 2.05) is 74.5 Å². The number of carbonyl (C=O) groups excluding carboxylic acids is 3. The van der Waals surface area contributed by atoms with E-state index in [1.165, 1.54) is 11.9 Å². The van der Waals surface area contributed by atoms with Crippen LogP contribution in [0.5, 0.6) is 0 Å². The van der Waals surface area contributed by atoms with Gasteiger partial charge in [-0.15, -0.1) is 0 Å². The predicted octanol–water partition coefficient (Wildman–Crippen LogP) is 3.32. The molecule has 0 aliphatic rings. The molecule has 31 heavy (non-hydrogen) atoms. The van der Waals surface area contributed by atoms with Crippen molar-refractivity contribution >= 4 is 18.0 Å². The summed E-state index contributed by atoms with van der Waals surface area (Å²) < 4.78 is 10.8. The number of hydrogen-bond donors (Lipinski definition) is 1. The molecule has 0 spiro atoms. The molecule has 0 radical (unpaired) electrons. The molecule has 0 saturated heterocycles. The minimum Gasteiger partial charge on any atom is -0.458 e. The molecule has 2 aromatic rings. The molecule has 1 atom stereocenters. The number of nitrogens with one attached hydrogen (secondary N) is 1. The lowest BCUT2D eigenvalue weighted by Gasteiger charge is -2.22. The van der Waals surface area contributed by atoms with E-state index >= 15 is 0 Å². The fraction of sp³-hybridized carbons (Fsp3) is 0.375. The van der Waals surface area contributed by atoms with Crippen LogP contribution in [0.15, 0.2) is 60.7 Å². The summed E-state index contributed by atoms with van der Waals surface area (Å²) in [5.41, 5.74) is 1.69. The molecular formula is C24H30N2O5. The summed E-state index contributed by atoms with van der Waals surface area (Å²) in [6.07, 6.45) is -1.44. The van der Waals surface area contributed by atoms with Crippen LogP contribution in [0.2, 0.25) is 0 Å². The van der Waals surface area contributed by atoms with Crippen molar-refractivity contribution in [1.29, 1.82) is 0 Å². The van der Waals surface area contributed by atoms with E-state index < -0.39 is 18.2 Å². The Balaban J connectivity index is 1.97. The summed E-state index contributed by atoms with van der Waals surface area (Å²) in [6, 6.07) is 18.6. The molecule has 0 aromatic heterocycles. The molecule has 7 heteroatoms. The SMILES string of the molecule is CC(C)NC(=O)CCN(C)C(=O)O[C@@H](Cc1ccccc1)C(=O)OCc1ccccc1. The van der Waals surface area contributed by atoms with Gasteiger partial charge in [0, 0.05) is 32.5 Å². The zero-order valence-corrected chi connectivity index (χ0v) is 18.2. The van der Waals surface area contributed by atoms with Crippen LogP contribution < -0.4 is 5.32 Å². The van der Waals surface area contributed by atoms with Crippen LogP contribution in [0, 0.1) is 0 Å². The highest BCUT2D eigenvalue weighted by Crippen LogP contribution is 2.11. The molecule has 2 aromatic carbocycles. The Hall–Kier alpha value is -3.35. The highest BCUT2D eigenvalue weighted by Gasteiger charge is 2.27. The summed E-state index contributed by atoms with van der Waals surface area (Å²) in [4.78, 5) is 38.3. The summed E-state index contributed by atoms with van der Waals surface area (Å²) in [5.74, 6) is -0.773. The highest BCUT2D eigenvalue weighted by atomic mass is 16.6. The average molecular weight is 427 g/mol. The van der Waals surface area contributed by atoms with Crippen LogP contribution in [0.1, 0.15) is 31.4 Å². The Morgan fingerprint density at radius 2 is 1.52 bits per heavy atom. The normalized spacial score (nSPS) is 11.5. The van der Waals surface area contributed by atoms with E-state index in [4.69, 9.17) is 9.47 Å². The zero-order chi connectivity index (χ0) is 22.6. The monoisotopic (exact) mass is 426 g/mol. The standard InChI is InChI=1S/C24H30N2O5/c1-18(2)25-22(27)14-15-26(3)24(29)31-21(16-19-10-6-4-7-11-19)23(28)30-17-20-12-8-5-9-13-20/h4-13,18,21H,14-17H2,1-3H3,(H,25,27)/t21-/m0/s1. The molecule has 0 heterocycles. The van der Waals surface area contributed by atoms with Gasteiger partial charge >= 0.3 is 12.1 Å². The minimum absolute atomic E-state index is 0.0272. The third-order valence-electron chi connectivity index (χ3n) is 4.43. The van der Waals surface area contributed by atoms with Gasteiger partial charge < -0.3 is 19.7 Å². The van der Waals surface area contributed by atoms with Crippen LogP contribution in [-0.2, 0) is 32.1 Å². The second kappa shape index (κ2) is 12.4. The molecule has 0 bridgehead atoms. The number of nitrogens with zero attached hydrogens (tertiary/aromatic N) is 1. The van der Waals surface area contributed by atoms with E-state index in [9.17, 15) is 14.4 Å². The first kappa shape index (κ1) is 23.9. The lowest BCUT2D eigenvalue weighted by atomic mass is 10.1. The van der Waals surface area contributed by atoms with Crippen molar-refractivity contribution in [3.05, 3.63) is 71.8 Å². The third kappa shape index (κ3) is 8.90. The van der Waals surface area contributed by atoms with Crippen molar-refractivity contribution in [3.8, 4) is 0 Å². The zero-order valence-electron chi connectivity index (χ0n) is 18.2. The molecule has 0 unspecified atom stereocenters. The molecule has 7 nitrogen and oxygen atoms in total. The van der Waals surface area contributed by atoms with Gasteiger partial charge in [-0.3, -0.25) is 4.79 Å². The molecule has 0 aliphatic carbocycles. The number of carbonyl (C=O) groups is 3. The van der Waals surface area contributed by atoms with E-state index in [1.54, 1.807) is 0 Å². The molecule has 0 saturated carbocycles. The van der Waals surface area contributed by atoms with Crippen molar-refractivity contribution in [2.75, 3.05) is 13.6 Å². The van der Waals surface area contributed by atoms with E-state index in [0.717, 1.165) is 11.1 Å². The van der Waals surface area contributed by atoms with Crippen molar-refractivity contribution in [1.82, 2.24) is 10.2 Å². The van der Waals surface area contributed by atoms with Crippen LogP contribution >= 0.6 is 0 Å². The van der Waals surface area contributed by atoms with Gasteiger partial charge in [-0.2, -0.15) is 0 Å². The first-order valence-corrected chi connectivity index (χ1v) is 10.3. The van der Waals surface area contributed by atoms with Crippen LogP contribution in [0.25, 0.3) is 0 Å². The van der Waals surface area contributed by atoms with Crippen molar-refractivity contribution in [2.45, 2.75) is 45.4 Å². The van der Waals surface area contributed by atoms with Gasteiger partial charge in [0.05, 0.1) is 0 Å². The van der Waals surface area contributed by atoms with Crippen molar-refractivity contribution < 1.29 is 23.9 Å². The smallest absolute Gasteiger partial charge is 0.410 e. The lowest BCUT2D eigenvalue weighted by molar-refractivity contribution is -0.155. The van der Waals surface area contributed by atoms with Crippen molar-refractivity contribution in [2.24, 2.45) is 0 Å². The van der Waals surface area contributed by atoms with E-state index in [2.05, 4.69) is 5.32 Å². The number of hydrogen-bond acceptors (Lipinski definition) is 5. The van der Waals surface area contributed by atoms with Crippen LogP contribution in [0.4, 0.5) is 4.79 Å². The Labute approximate surface area is 183 Å². The molecule has 1 N–H and O–H groups in total. The maximum Gasteiger partial charge on any atom is 0.410 e. The number of amides is 2. The highest BCUT2D eigenvalue weighted by molar-refractivity contribution is 5.80. The number of benzene rings is 2. The molecule has 2 rings (SSSR count). The Bertz CT molecular complexity index is 840. The second-order valence-corrected chi connectivity index (χ2v) is 7.55. The van der Waals surface area contributed by atoms with E-state index in [-0.39, 0.29) is 37.9 Å². The summed E-state index contributed by atoms with van der Waals surface area (Å²) >= 11 is 0. The number of rotatable bonds is 10. The predicted molar refractivity (Wildman–Crippen MR) is 117 cm³/mol. The fourth-order valence-corrected chi connectivity index (χ4v) is 2.79. The molecule has 0 aliphatic heterocycles. The first-order valence-electron chi connectivity index (χ1n) is 10.3. The minimum atomic E-state index is -1.09. The molecular weight excluding hydrogens is 396 g/mol. The number of esters is 1. The summed E-state index contributed by atoms with van der Waals surface area (Å²) in [5, 5.41) is 2.77. The molecule has 166 valence electrons. The van der Waals surface area contributed by atoms with Gasteiger partial charge in [0.1, 0.15) is 6.61 Å². The lowest BCUT2D eigenvalue weighted by Crippen LogP contribution is -2.39. The summed E-state index contributed by atoms with van der Waals surface area (Å²) in [7, 11) is 1.53. The topological polar surface area (TPSA) is 84.9 Å².